The molecule has 5 heteroatoms. The molecule has 2 rings (SSSR count). The first-order valence-electron chi connectivity index (χ1n) is 7.63. The molecule has 1 saturated heterocycles. The van der Waals surface area contributed by atoms with Gasteiger partial charge in [0.2, 0.25) is 5.91 Å². The molecule has 0 spiro atoms. The van der Waals surface area contributed by atoms with Gasteiger partial charge in [-0.2, -0.15) is 0 Å². The maximum atomic E-state index is 12.4. The van der Waals surface area contributed by atoms with Crippen LogP contribution in [0.5, 0.6) is 0 Å². The van der Waals surface area contributed by atoms with E-state index in [2.05, 4.69) is 44.3 Å². The van der Waals surface area contributed by atoms with E-state index in [4.69, 9.17) is 4.74 Å². The molecule has 1 heterocycles. The number of ether oxygens (including phenoxy) is 1. The molecule has 2 unspecified atom stereocenters. The third-order valence-electron chi connectivity index (χ3n) is 4.27. The molecular weight excluding hydrogens is 300 g/mol. The lowest BCUT2D eigenvalue weighted by molar-refractivity contribution is -0.133. The summed E-state index contributed by atoms with van der Waals surface area (Å²) in [5.41, 5.74) is 3.70. The van der Waals surface area contributed by atoms with Gasteiger partial charge in [0.05, 0.1) is 19.3 Å². The Labute approximate surface area is 139 Å². The maximum absolute atomic E-state index is 12.4. The van der Waals surface area contributed by atoms with E-state index in [1.807, 2.05) is 11.9 Å². The lowest BCUT2D eigenvalue weighted by atomic mass is 9.99. The van der Waals surface area contributed by atoms with Gasteiger partial charge < -0.3 is 15.0 Å². The van der Waals surface area contributed by atoms with Crippen LogP contribution in [-0.4, -0.2) is 43.7 Å². The minimum absolute atomic E-state index is 0. The maximum Gasteiger partial charge on any atom is 0.224 e. The van der Waals surface area contributed by atoms with Gasteiger partial charge >= 0.3 is 0 Å². The molecule has 4 nitrogen and oxygen atoms in total. The van der Waals surface area contributed by atoms with Crippen molar-refractivity contribution in [2.75, 3.05) is 26.8 Å². The SMILES string of the molecule is Cc1ccc(C(C)N(C)C(=O)CC2COCCN2)c(C)c1.Cl. The van der Waals surface area contributed by atoms with Crippen molar-refractivity contribution in [2.24, 2.45) is 0 Å². The summed E-state index contributed by atoms with van der Waals surface area (Å²) in [7, 11) is 1.88. The zero-order valence-corrected chi connectivity index (χ0v) is 14.7. The predicted octanol–water partition coefficient (Wildman–Crippen LogP) is 2.62. The Morgan fingerprint density at radius 1 is 1.45 bits per heavy atom. The molecule has 1 amide bonds. The summed E-state index contributed by atoms with van der Waals surface area (Å²) in [5.74, 6) is 0.158. The average molecular weight is 327 g/mol. The van der Waals surface area contributed by atoms with Crippen molar-refractivity contribution in [1.82, 2.24) is 10.2 Å². The van der Waals surface area contributed by atoms with Crippen LogP contribution in [0.25, 0.3) is 0 Å². The number of nitrogens with one attached hydrogen (secondary N) is 1. The standard InChI is InChI=1S/C17H26N2O2.ClH/c1-12-5-6-16(13(2)9-12)14(3)19(4)17(20)10-15-11-21-8-7-18-15;/h5-6,9,14-15,18H,7-8,10-11H2,1-4H3;1H. The largest absolute Gasteiger partial charge is 0.378 e. The van der Waals surface area contributed by atoms with Gasteiger partial charge in [0.25, 0.3) is 0 Å². The van der Waals surface area contributed by atoms with Crippen molar-refractivity contribution < 1.29 is 9.53 Å². The fraction of sp³-hybridized carbons (Fsp3) is 0.588. The van der Waals surface area contributed by atoms with Gasteiger partial charge in [0, 0.05) is 26.1 Å². The van der Waals surface area contributed by atoms with Gasteiger partial charge in [-0.1, -0.05) is 23.8 Å². The Morgan fingerprint density at radius 3 is 2.77 bits per heavy atom. The normalized spacial score (nSPS) is 19.2. The fourth-order valence-electron chi connectivity index (χ4n) is 2.82. The van der Waals surface area contributed by atoms with Gasteiger partial charge in [0.15, 0.2) is 0 Å². The fourth-order valence-corrected chi connectivity index (χ4v) is 2.82. The first kappa shape index (κ1) is 18.9. The minimum atomic E-state index is 0. The van der Waals surface area contributed by atoms with E-state index >= 15 is 0 Å². The number of amides is 1. The van der Waals surface area contributed by atoms with Crippen molar-refractivity contribution in [3.8, 4) is 0 Å². The van der Waals surface area contributed by atoms with Gasteiger partial charge in [-0.05, 0) is 31.9 Å². The van der Waals surface area contributed by atoms with Crippen LogP contribution in [0.15, 0.2) is 18.2 Å². The van der Waals surface area contributed by atoms with Crippen molar-refractivity contribution in [3.63, 3.8) is 0 Å². The Balaban J connectivity index is 0.00000242. The third kappa shape index (κ3) is 4.70. The van der Waals surface area contributed by atoms with Crippen LogP contribution in [0, 0.1) is 13.8 Å². The summed E-state index contributed by atoms with van der Waals surface area (Å²) >= 11 is 0. The molecule has 22 heavy (non-hydrogen) atoms. The molecule has 0 aromatic heterocycles. The highest BCUT2D eigenvalue weighted by molar-refractivity contribution is 5.85. The average Bonchev–Trinajstić information content (AvgIpc) is 2.47. The Morgan fingerprint density at radius 2 is 2.18 bits per heavy atom. The van der Waals surface area contributed by atoms with Crippen LogP contribution in [0.3, 0.4) is 0 Å². The van der Waals surface area contributed by atoms with Crippen LogP contribution < -0.4 is 5.32 Å². The highest BCUT2D eigenvalue weighted by Gasteiger charge is 2.23. The number of nitrogens with zero attached hydrogens (tertiary/aromatic N) is 1. The van der Waals surface area contributed by atoms with E-state index < -0.39 is 0 Å². The molecule has 1 N–H and O–H groups in total. The second kappa shape index (κ2) is 8.51. The van der Waals surface area contributed by atoms with Crippen molar-refractivity contribution >= 4 is 18.3 Å². The molecular formula is C17H27ClN2O2. The molecule has 2 atom stereocenters. The second-order valence-electron chi connectivity index (χ2n) is 5.97. The second-order valence-corrected chi connectivity index (χ2v) is 5.97. The van der Waals surface area contributed by atoms with Gasteiger partial charge in [-0.3, -0.25) is 4.79 Å². The number of rotatable bonds is 4. The first-order valence-corrected chi connectivity index (χ1v) is 7.63. The quantitative estimate of drug-likeness (QED) is 0.924. The molecule has 0 saturated carbocycles. The number of morpholine rings is 1. The molecule has 1 aliphatic rings. The molecule has 0 aliphatic carbocycles. The van der Waals surface area contributed by atoms with Crippen molar-refractivity contribution in [1.29, 1.82) is 0 Å². The predicted molar refractivity (Wildman–Crippen MR) is 91.6 cm³/mol. The highest BCUT2D eigenvalue weighted by Crippen LogP contribution is 2.24. The summed E-state index contributed by atoms with van der Waals surface area (Å²) in [5, 5.41) is 3.33. The summed E-state index contributed by atoms with van der Waals surface area (Å²) in [6.07, 6.45) is 0.492. The van der Waals surface area contributed by atoms with E-state index in [1.165, 1.54) is 16.7 Å². The summed E-state index contributed by atoms with van der Waals surface area (Å²) in [6, 6.07) is 6.62. The van der Waals surface area contributed by atoms with E-state index in [9.17, 15) is 4.79 Å². The monoisotopic (exact) mass is 326 g/mol. The Hall–Kier alpha value is -1.10. The minimum Gasteiger partial charge on any atom is -0.378 e. The number of halogens is 1. The molecule has 124 valence electrons. The molecule has 0 bridgehead atoms. The Kier molecular flexibility index (Phi) is 7.33. The van der Waals surface area contributed by atoms with E-state index in [-0.39, 0.29) is 30.4 Å². The number of aryl methyl sites for hydroxylation is 2. The van der Waals surface area contributed by atoms with Crippen molar-refractivity contribution in [3.05, 3.63) is 34.9 Å². The zero-order valence-electron chi connectivity index (χ0n) is 13.9. The summed E-state index contributed by atoms with van der Waals surface area (Å²) in [6.45, 7) is 8.46. The summed E-state index contributed by atoms with van der Waals surface area (Å²) in [4.78, 5) is 14.3. The van der Waals surface area contributed by atoms with Crippen LogP contribution in [-0.2, 0) is 9.53 Å². The number of hydrogen-bond acceptors (Lipinski definition) is 3. The van der Waals surface area contributed by atoms with Crippen LogP contribution in [0.2, 0.25) is 0 Å². The summed E-state index contributed by atoms with van der Waals surface area (Å²) < 4.78 is 5.41. The number of hydrogen-bond donors (Lipinski definition) is 1. The van der Waals surface area contributed by atoms with Gasteiger partial charge in [-0.25, -0.2) is 0 Å². The van der Waals surface area contributed by atoms with Crippen LogP contribution >= 0.6 is 12.4 Å². The molecule has 1 fully saturated rings. The molecule has 1 aromatic rings. The topological polar surface area (TPSA) is 41.6 Å². The number of benzene rings is 1. The molecule has 1 aliphatic heterocycles. The van der Waals surface area contributed by atoms with Crippen LogP contribution in [0.4, 0.5) is 0 Å². The lowest BCUT2D eigenvalue weighted by Crippen LogP contribution is -2.44. The number of carbonyl (C=O) groups is 1. The number of carbonyl (C=O) groups excluding carboxylic acids is 1. The first-order chi connectivity index (χ1) is 9.99. The Bertz CT molecular complexity index is 501. The van der Waals surface area contributed by atoms with E-state index in [1.54, 1.807) is 0 Å². The van der Waals surface area contributed by atoms with Gasteiger partial charge in [-0.15, -0.1) is 12.4 Å². The smallest absolute Gasteiger partial charge is 0.224 e. The van der Waals surface area contributed by atoms with Crippen molar-refractivity contribution in [2.45, 2.75) is 39.3 Å². The highest BCUT2D eigenvalue weighted by atomic mass is 35.5. The van der Waals surface area contributed by atoms with Crippen LogP contribution in [0.1, 0.15) is 36.1 Å². The molecule has 1 aromatic carbocycles. The zero-order chi connectivity index (χ0) is 15.4. The van der Waals surface area contributed by atoms with E-state index in [0.717, 1.165) is 13.2 Å². The molecule has 0 radical (unpaired) electrons. The third-order valence-corrected chi connectivity index (χ3v) is 4.27. The van der Waals surface area contributed by atoms with Gasteiger partial charge in [0.1, 0.15) is 0 Å². The lowest BCUT2D eigenvalue weighted by Gasteiger charge is -2.30. The van der Waals surface area contributed by atoms with E-state index in [0.29, 0.717) is 13.0 Å².